The van der Waals surface area contributed by atoms with Gasteiger partial charge in [0.2, 0.25) is 0 Å². The van der Waals surface area contributed by atoms with Crippen molar-refractivity contribution in [2.75, 3.05) is 4.90 Å². The SMILES string of the molecule is c1ccc(-n2c3ccccc3c3ccc(N(c4ccc(-c5cc6ccccc6c6ccccc56)cc4)c4cccc5oc6ccccc6c45)cc32)cc1. The minimum absolute atomic E-state index is 0.868. The third-order valence-electron chi connectivity index (χ3n) is 10.8. The number of rotatable bonds is 5. The van der Waals surface area contributed by atoms with Crippen LogP contribution in [-0.2, 0) is 0 Å². The van der Waals surface area contributed by atoms with Crippen LogP contribution in [0.5, 0.6) is 0 Å². The number of fused-ring (bicyclic) bond motifs is 9. The minimum atomic E-state index is 0.868. The molecule has 2 heterocycles. The van der Waals surface area contributed by atoms with Crippen molar-refractivity contribution in [1.29, 1.82) is 0 Å². The van der Waals surface area contributed by atoms with Crippen LogP contribution in [0.3, 0.4) is 0 Å². The minimum Gasteiger partial charge on any atom is -0.456 e. The first kappa shape index (κ1) is 29.6. The zero-order chi connectivity index (χ0) is 34.9. The lowest BCUT2D eigenvalue weighted by molar-refractivity contribution is 0.669. The van der Waals surface area contributed by atoms with E-state index in [4.69, 9.17) is 4.42 Å². The first-order chi connectivity index (χ1) is 26.3. The van der Waals surface area contributed by atoms with Gasteiger partial charge in [0.1, 0.15) is 11.2 Å². The van der Waals surface area contributed by atoms with E-state index in [0.29, 0.717) is 0 Å². The van der Waals surface area contributed by atoms with Crippen LogP contribution in [0, 0.1) is 0 Å². The summed E-state index contributed by atoms with van der Waals surface area (Å²) in [6.07, 6.45) is 0. The van der Waals surface area contributed by atoms with Crippen molar-refractivity contribution in [3.05, 3.63) is 194 Å². The van der Waals surface area contributed by atoms with Crippen molar-refractivity contribution in [3.8, 4) is 16.8 Å². The fourth-order valence-electron chi connectivity index (χ4n) is 8.41. The molecule has 9 aromatic carbocycles. The summed E-state index contributed by atoms with van der Waals surface area (Å²) in [7, 11) is 0. The molecule has 0 atom stereocenters. The second kappa shape index (κ2) is 11.7. The first-order valence-electron chi connectivity index (χ1n) is 18.1. The molecule has 0 bridgehead atoms. The Hall–Kier alpha value is -7.10. The molecule has 0 N–H and O–H groups in total. The monoisotopic (exact) mass is 676 g/mol. The maximum Gasteiger partial charge on any atom is 0.137 e. The third-order valence-corrected chi connectivity index (χ3v) is 10.8. The van der Waals surface area contributed by atoms with E-state index in [1.807, 2.05) is 6.07 Å². The van der Waals surface area contributed by atoms with Gasteiger partial charge in [-0.15, -0.1) is 0 Å². The van der Waals surface area contributed by atoms with E-state index in [1.54, 1.807) is 0 Å². The second-order valence-electron chi connectivity index (χ2n) is 13.7. The number of anilines is 3. The summed E-state index contributed by atoms with van der Waals surface area (Å²) in [5.74, 6) is 0. The summed E-state index contributed by atoms with van der Waals surface area (Å²) in [6, 6.07) is 69.8. The topological polar surface area (TPSA) is 21.3 Å². The summed E-state index contributed by atoms with van der Waals surface area (Å²) in [5, 5.41) is 9.69. The molecule has 2 aromatic heterocycles. The lowest BCUT2D eigenvalue weighted by atomic mass is 9.93. The van der Waals surface area contributed by atoms with Gasteiger partial charge in [-0.3, -0.25) is 0 Å². The molecule has 3 heteroatoms. The van der Waals surface area contributed by atoms with E-state index in [1.165, 1.54) is 49.0 Å². The number of benzene rings is 9. The Balaban J connectivity index is 1.15. The zero-order valence-electron chi connectivity index (χ0n) is 28.8. The van der Waals surface area contributed by atoms with Gasteiger partial charge in [-0.2, -0.15) is 0 Å². The summed E-state index contributed by atoms with van der Waals surface area (Å²) in [5.41, 5.74) is 10.8. The molecule has 11 aromatic rings. The molecule has 0 radical (unpaired) electrons. The van der Waals surface area contributed by atoms with Crippen molar-refractivity contribution >= 4 is 82.4 Å². The first-order valence-corrected chi connectivity index (χ1v) is 18.1. The van der Waals surface area contributed by atoms with Crippen LogP contribution in [0.25, 0.3) is 82.1 Å². The Kier molecular flexibility index (Phi) is 6.55. The summed E-state index contributed by atoms with van der Waals surface area (Å²) < 4.78 is 8.81. The number of aromatic nitrogens is 1. The number of para-hydroxylation sites is 3. The van der Waals surface area contributed by atoms with Gasteiger partial charge in [0.15, 0.2) is 0 Å². The molecule has 11 rings (SSSR count). The standard InChI is InChI=1S/C50H32N2O/c1-2-14-35(15-3-1)52-45-21-10-8-19-41(45)42-30-29-37(32-47(42)52)51(46-22-12-24-49-50(46)43-20-9-11-23-48(43)53-49)36-27-25-33(26-28-36)44-31-34-13-4-5-16-38(34)39-17-6-7-18-40(39)44/h1-32H. The number of hydrogen-bond donors (Lipinski definition) is 0. The molecular weight excluding hydrogens is 645 g/mol. The Morgan fingerprint density at radius 2 is 1.04 bits per heavy atom. The van der Waals surface area contributed by atoms with Gasteiger partial charge in [-0.05, 0) is 99.4 Å². The van der Waals surface area contributed by atoms with Crippen LogP contribution in [0.4, 0.5) is 17.1 Å². The summed E-state index contributed by atoms with van der Waals surface area (Å²) >= 11 is 0. The molecule has 0 amide bonds. The van der Waals surface area contributed by atoms with Gasteiger partial charge in [0, 0.05) is 33.2 Å². The Labute approximate surface area is 306 Å². The molecule has 3 nitrogen and oxygen atoms in total. The van der Waals surface area contributed by atoms with Crippen LogP contribution < -0.4 is 4.90 Å². The van der Waals surface area contributed by atoms with Gasteiger partial charge < -0.3 is 13.9 Å². The molecule has 0 aliphatic rings. The van der Waals surface area contributed by atoms with Crippen molar-refractivity contribution in [2.45, 2.75) is 0 Å². The maximum absolute atomic E-state index is 6.42. The van der Waals surface area contributed by atoms with Gasteiger partial charge >= 0.3 is 0 Å². The van der Waals surface area contributed by atoms with Crippen LogP contribution in [0.1, 0.15) is 0 Å². The molecule has 0 aliphatic carbocycles. The number of hydrogen-bond acceptors (Lipinski definition) is 2. The van der Waals surface area contributed by atoms with E-state index in [2.05, 4.69) is 198 Å². The van der Waals surface area contributed by atoms with Gasteiger partial charge in [-0.25, -0.2) is 0 Å². The molecule has 0 unspecified atom stereocenters. The largest absolute Gasteiger partial charge is 0.456 e. The van der Waals surface area contributed by atoms with Gasteiger partial charge in [0.05, 0.1) is 22.1 Å². The molecule has 53 heavy (non-hydrogen) atoms. The van der Waals surface area contributed by atoms with Crippen LogP contribution in [0.2, 0.25) is 0 Å². The Morgan fingerprint density at radius 1 is 0.396 bits per heavy atom. The molecule has 0 fully saturated rings. The Morgan fingerprint density at radius 3 is 1.89 bits per heavy atom. The van der Waals surface area contributed by atoms with E-state index in [-0.39, 0.29) is 0 Å². The van der Waals surface area contributed by atoms with Crippen LogP contribution in [0.15, 0.2) is 199 Å². The fourth-order valence-corrected chi connectivity index (χ4v) is 8.41. The Bertz CT molecular complexity index is 3170. The smallest absolute Gasteiger partial charge is 0.137 e. The molecule has 0 saturated heterocycles. The van der Waals surface area contributed by atoms with E-state index in [9.17, 15) is 0 Å². The van der Waals surface area contributed by atoms with E-state index in [0.717, 1.165) is 50.2 Å². The number of furan rings is 1. The van der Waals surface area contributed by atoms with Crippen molar-refractivity contribution < 1.29 is 4.42 Å². The van der Waals surface area contributed by atoms with Crippen LogP contribution in [-0.4, -0.2) is 4.57 Å². The molecule has 248 valence electrons. The van der Waals surface area contributed by atoms with E-state index < -0.39 is 0 Å². The highest BCUT2D eigenvalue weighted by atomic mass is 16.3. The van der Waals surface area contributed by atoms with Crippen molar-refractivity contribution in [2.24, 2.45) is 0 Å². The second-order valence-corrected chi connectivity index (χ2v) is 13.7. The van der Waals surface area contributed by atoms with Crippen molar-refractivity contribution in [3.63, 3.8) is 0 Å². The summed E-state index contributed by atoms with van der Waals surface area (Å²) in [6.45, 7) is 0. The normalized spacial score (nSPS) is 11.8. The lowest BCUT2D eigenvalue weighted by Crippen LogP contribution is -2.10. The third kappa shape index (κ3) is 4.61. The van der Waals surface area contributed by atoms with E-state index >= 15 is 0 Å². The predicted octanol–water partition coefficient (Wildman–Crippen LogP) is 14.1. The average molecular weight is 677 g/mol. The summed E-state index contributed by atoms with van der Waals surface area (Å²) in [4.78, 5) is 2.39. The zero-order valence-corrected chi connectivity index (χ0v) is 28.8. The molecule has 0 spiro atoms. The number of nitrogens with zero attached hydrogens (tertiary/aromatic N) is 2. The van der Waals surface area contributed by atoms with Gasteiger partial charge in [-0.1, -0.05) is 127 Å². The predicted molar refractivity (Wildman–Crippen MR) is 223 cm³/mol. The highest BCUT2D eigenvalue weighted by Crippen LogP contribution is 2.45. The maximum atomic E-state index is 6.42. The average Bonchev–Trinajstić information content (AvgIpc) is 3.77. The quantitative estimate of drug-likeness (QED) is 0.169. The fraction of sp³-hybridized carbons (Fsp3) is 0. The highest BCUT2D eigenvalue weighted by molar-refractivity contribution is 6.16. The molecule has 0 aliphatic heterocycles. The van der Waals surface area contributed by atoms with Crippen LogP contribution >= 0.6 is 0 Å². The molecular formula is C50H32N2O. The van der Waals surface area contributed by atoms with Gasteiger partial charge in [0.25, 0.3) is 0 Å². The lowest BCUT2D eigenvalue weighted by Gasteiger charge is -2.27. The molecule has 0 saturated carbocycles. The van der Waals surface area contributed by atoms with Crippen molar-refractivity contribution in [1.82, 2.24) is 4.57 Å². The highest BCUT2D eigenvalue weighted by Gasteiger charge is 2.21.